The van der Waals surface area contributed by atoms with Gasteiger partial charge in [-0.3, -0.25) is 0 Å². The summed E-state index contributed by atoms with van der Waals surface area (Å²) >= 11 is 0. The quantitative estimate of drug-likeness (QED) is 0.184. The average Bonchev–Trinajstić information content (AvgIpc) is 3.42. The number of anilines is 3. The normalized spacial score (nSPS) is 13.9. The first kappa shape index (κ1) is 29.6. The van der Waals surface area contributed by atoms with Gasteiger partial charge < -0.3 is 9.64 Å². The molecule has 2 aliphatic rings. The highest BCUT2D eigenvalue weighted by molar-refractivity contribution is 8.32. The third-order valence-electron chi connectivity index (χ3n) is 10.1. The second-order valence-electron chi connectivity index (χ2n) is 13.7. The van der Waals surface area contributed by atoms with Gasteiger partial charge in [0, 0.05) is 28.2 Å². The summed E-state index contributed by atoms with van der Waals surface area (Å²) in [7, 11) is -0.855. The minimum absolute atomic E-state index is 0.518. The second kappa shape index (κ2) is 11.3. The van der Waals surface area contributed by atoms with Crippen LogP contribution in [0, 0.1) is 0 Å². The number of rotatable bonds is 5. The van der Waals surface area contributed by atoms with E-state index in [2.05, 4.69) is 194 Å². The number of hydrogen-bond acceptors (Lipinski definition) is 2. The lowest BCUT2D eigenvalue weighted by Gasteiger charge is -2.39. The van der Waals surface area contributed by atoms with Crippen LogP contribution in [0.3, 0.4) is 0 Å². The van der Waals surface area contributed by atoms with Crippen molar-refractivity contribution in [1.82, 2.24) is 0 Å². The van der Waals surface area contributed by atoms with Crippen LogP contribution in [-0.2, 0) is 5.41 Å². The smallest absolute Gasteiger partial charge is 0.132 e. The zero-order valence-corrected chi connectivity index (χ0v) is 28.7. The number of nitrogens with zero attached hydrogens (tertiary/aromatic N) is 1. The van der Waals surface area contributed by atoms with Gasteiger partial charge in [0.1, 0.15) is 11.5 Å². The predicted molar refractivity (Wildman–Crippen MR) is 208 cm³/mol. The largest absolute Gasteiger partial charge is 0.457 e. The van der Waals surface area contributed by atoms with Gasteiger partial charge in [-0.05, 0) is 118 Å². The van der Waals surface area contributed by atoms with E-state index < -0.39 is 15.4 Å². The zero-order chi connectivity index (χ0) is 33.2. The maximum Gasteiger partial charge on any atom is 0.132 e. The standard InChI is InChI=1S/C46H37NOS/c1-49(2,3)37-28-25-35(26-29-37)47(34-23-21-33(22-24-34)32-13-5-4-6-14-32)36-27-30-39-38-15-7-8-16-40(38)46(43(39)31-36)41-17-9-11-19-44(41)48-45-20-12-10-18-42(45)46/h4-31H,1-3H3. The molecule has 1 spiro atoms. The maximum absolute atomic E-state index is 6.59. The summed E-state index contributed by atoms with van der Waals surface area (Å²) in [5.41, 5.74) is 12.7. The Labute approximate surface area is 290 Å². The van der Waals surface area contributed by atoms with Crippen LogP contribution in [0.25, 0.3) is 22.3 Å². The van der Waals surface area contributed by atoms with Crippen LogP contribution in [0.2, 0.25) is 0 Å². The van der Waals surface area contributed by atoms with Crippen molar-refractivity contribution in [3.63, 3.8) is 0 Å². The van der Waals surface area contributed by atoms with Gasteiger partial charge in [-0.15, -0.1) is 0 Å². The molecular formula is C46H37NOS. The molecule has 0 bridgehead atoms. The van der Waals surface area contributed by atoms with E-state index in [4.69, 9.17) is 4.74 Å². The van der Waals surface area contributed by atoms with Crippen molar-refractivity contribution < 1.29 is 4.74 Å². The molecule has 2 nitrogen and oxygen atoms in total. The Bertz CT molecular complexity index is 2290. The molecule has 0 saturated heterocycles. The number of fused-ring (bicyclic) bond motifs is 9. The lowest BCUT2D eigenvalue weighted by atomic mass is 9.66. The highest BCUT2D eigenvalue weighted by Gasteiger charge is 2.51. The Hall–Kier alpha value is -5.51. The maximum atomic E-state index is 6.59. The Morgan fingerprint density at radius 3 is 1.55 bits per heavy atom. The molecule has 7 aromatic carbocycles. The van der Waals surface area contributed by atoms with E-state index in [1.54, 1.807) is 0 Å². The molecule has 0 aromatic heterocycles. The van der Waals surface area contributed by atoms with Crippen molar-refractivity contribution in [3.05, 3.63) is 192 Å². The van der Waals surface area contributed by atoms with Gasteiger partial charge in [-0.1, -0.05) is 109 Å². The molecule has 1 aliphatic heterocycles. The fraction of sp³-hybridized carbons (Fsp3) is 0.0870. The third kappa shape index (κ3) is 4.64. The van der Waals surface area contributed by atoms with Gasteiger partial charge in [0.2, 0.25) is 0 Å². The first-order valence-electron chi connectivity index (χ1n) is 16.8. The highest BCUT2D eigenvalue weighted by atomic mass is 32.3. The molecule has 0 N–H and O–H groups in total. The van der Waals surface area contributed by atoms with E-state index in [0.29, 0.717) is 0 Å². The summed E-state index contributed by atoms with van der Waals surface area (Å²) < 4.78 is 6.59. The fourth-order valence-electron chi connectivity index (χ4n) is 7.87. The van der Waals surface area contributed by atoms with E-state index in [1.165, 1.54) is 49.4 Å². The second-order valence-corrected chi connectivity index (χ2v) is 17.8. The lowest BCUT2D eigenvalue weighted by molar-refractivity contribution is 0.436. The molecule has 0 radical (unpaired) electrons. The fourth-order valence-corrected chi connectivity index (χ4v) is 8.82. The molecule has 0 unspecified atom stereocenters. The number of benzene rings is 7. The molecule has 1 heterocycles. The van der Waals surface area contributed by atoms with Crippen LogP contribution < -0.4 is 9.64 Å². The number of hydrogen-bond donors (Lipinski definition) is 0. The van der Waals surface area contributed by atoms with Crippen LogP contribution in [0.15, 0.2) is 175 Å². The monoisotopic (exact) mass is 651 g/mol. The first-order valence-corrected chi connectivity index (χ1v) is 19.6. The van der Waals surface area contributed by atoms with E-state index in [0.717, 1.165) is 28.6 Å². The Kier molecular flexibility index (Phi) is 6.82. The van der Waals surface area contributed by atoms with Crippen molar-refractivity contribution in [1.29, 1.82) is 0 Å². The van der Waals surface area contributed by atoms with Crippen LogP contribution in [0.1, 0.15) is 22.3 Å². The van der Waals surface area contributed by atoms with Gasteiger partial charge in [0.15, 0.2) is 0 Å². The van der Waals surface area contributed by atoms with Crippen LogP contribution in [0.4, 0.5) is 17.1 Å². The third-order valence-corrected chi connectivity index (χ3v) is 11.8. The van der Waals surface area contributed by atoms with Crippen LogP contribution >= 0.6 is 10.0 Å². The molecule has 9 rings (SSSR count). The van der Waals surface area contributed by atoms with Gasteiger partial charge in [-0.2, -0.15) is 0 Å². The number of para-hydroxylation sites is 2. The highest BCUT2D eigenvalue weighted by Crippen LogP contribution is 2.62. The average molecular weight is 652 g/mol. The van der Waals surface area contributed by atoms with E-state index in [-0.39, 0.29) is 0 Å². The van der Waals surface area contributed by atoms with Gasteiger partial charge in [0.25, 0.3) is 0 Å². The summed E-state index contributed by atoms with van der Waals surface area (Å²) in [6.07, 6.45) is 7.05. The molecular weight excluding hydrogens is 615 g/mol. The van der Waals surface area contributed by atoms with Crippen molar-refractivity contribution in [3.8, 4) is 33.8 Å². The van der Waals surface area contributed by atoms with Crippen molar-refractivity contribution in [2.75, 3.05) is 23.7 Å². The molecule has 7 aromatic rings. The van der Waals surface area contributed by atoms with Crippen LogP contribution in [-0.4, -0.2) is 18.8 Å². The minimum Gasteiger partial charge on any atom is -0.457 e. The van der Waals surface area contributed by atoms with Crippen molar-refractivity contribution >= 4 is 27.1 Å². The summed E-state index contributed by atoms with van der Waals surface area (Å²) in [5, 5.41) is 0. The van der Waals surface area contributed by atoms with Crippen molar-refractivity contribution in [2.24, 2.45) is 0 Å². The zero-order valence-electron chi connectivity index (χ0n) is 27.9. The van der Waals surface area contributed by atoms with Crippen LogP contribution in [0.5, 0.6) is 11.5 Å². The minimum atomic E-state index is -0.855. The first-order chi connectivity index (χ1) is 23.9. The Morgan fingerprint density at radius 2 is 0.918 bits per heavy atom. The molecule has 0 amide bonds. The molecule has 0 saturated carbocycles. The summed E-state index contributed by atoms with van der Waals surface area (Å²) in [6.45, 7) is 0. The van der Waals surface area contributed by atoms with E-state index >= 15 is 0 Å². The SMILES string of the molecule is CS(C)(C)c1ccc(N(c2ccc(-c3ccccc3)cc2)c2ccc3c(c2)C2(c4ccccc4Oc4ccccc42)c2ccccc2-3)cc1. The van der Waals surface area contributed by atoms with E-state index in [1.807, 2.05) is 0 Å². The van der Waals surface area contributed by atoms with Crippen molar-refractivity contribution in [2.45, 2.75) is 10.3 Å². The molecule has 49 heavy (non-hydrogen) atoms. The molecule has 1 aliphatic carbocycles. The van der Waals surface area contributed by atoms with Gasteiger partial charge >= 0.3 is 0 Å². The summed E-state index contributed by atoms with van der Waals surface area (Å²) in [5.74, 6) is 1.81. The van der Waals surface area contributed by atoms with Gasteiger partial charge in [0.05, 0.1) is 5.41 Å². The summed E-state index contributed by atoms with van der Waals surface area (Å²) in [6, 6.07) is 61.9. The molecule has 0 fully saturated rings. The Balaban J connectivity index is 1.28. The van der Waals surface area contributed by atoms with Gasteiger partial charge in [-0.25, -0.2) is 10.0 Å². The number of ether oxygens (including phenoxy) is 1. The molecule has 238 valence electrons. The molecule has 0 atom stereocenters. The van der Waals surface area contributed by atoms with E-state index in [9.17, 15) is 0 Å². The Morgan fingerprint density at radius 1 is 0.429 bits per heavy atom. The topological polar surface area (TPSA) is 12.5 Å². The summed E-state index contributed by atoms with van der Waals surface area (Å²) in [4.78, 5) is 3.80. The lowest BCUT2D eigenvalue weighted by Crippen LogP contribution is -2.32. The molecule has 3 heteroatoms. The predicted octanol–water partition coefficient (Wildman–Crippen LogP) is 12.3.